The summed E-state index contributed by atoms with van der Waals surface area (Å²) in [4.78, 5) is 46.4. The van der Waals surface area contributed by atoms with E-state index in [1.165, 1.54) is 34.9 Å². The standard InChI is InChI=1S/C25H25N3O6S2/c1-12-17(16-10-27-11-26-21(35-4)23(27)36-16)20(28-19(12)18(13(2)29)22(28)30)25(32)34-14(3)33-24(31)15-8-6-5-7-9-15/h5-14,18-19,29H,1-4H3/t12-,13+,14?,18+,19+/m0/s1. The van der Waals surface area contributed by atoms with Gasteiger partial charge in [-0.1, -0.05) is 25.1 Å². The molecular weight excluding hydrogens is 502 g/mol. The second-order valence-electron chi connectivity index (χ2n) is 8.82. The average molecular weight is 528 g/mol. The summed E-state index contributed by atoms with van der Waals surface area (Å²) in [7, 11) is 0. The van der Waals surface area contributed by atoms with Gasteiger partial charge in [0.15, 0.2) is 0 Å². The van der Waals surface area contributed by atoms with Gasteiger partial charge in [0.05, 0.1) is 28.5 Å². The highest BCUT2D eigenvalue weighted by Crippen LogP contribution is 2.52. The molecule has 5 atom stereocenters. The molecule has 188 valence electrons. The molecule has 1 fully saturated rings. The molecule has 36 heavy (non-hydrogen) atoms. The van der Waals surface area contributed by atoms with Gasteiger partial charge in [-0.05, 0) is 25.3 Å². The number of esters is 2. The van der Waals surface area contributed by atoms with Gasteiger partial charge in [0.2, 0.25) is 12.2 Å². The van der Waals surface area contributed by atoms with Crippen molar-refractivity contribution < 1.29 is 29.0 Å². The summed E-state index contributed by atoms with van der Waals surface area (Å²) in [5.74, 6) is -2.54. The van der Waals surface area contributed by atoms with Gasteiger partial charge in [-0.15, -0.1) is 23.1 Å². The van der Waals surface area contributed by atoms with E-state index in [9.17, 15) is 19.5 Å². The number of fused-ring (bicyclic) bond motifs is 2. The monoisotopic (exact) mass is 527 g/mol. The molecule has 0 aliphatic carbocycles. The molecule has 3 aromatic rings. The lowest BCUT2D eigenvalue weighted by atomic mass is 9.77. The van der Waals surface area contributed by atoms with Crippen LogP contribution in [-0.4, -0.2) is 61.9 Å². The van der Waals surface area contributed by atoms with Crippen LogP contribution in [0.3, 0.4) is 0 Å². The first-order chi connectivity index (χ1) is 17.2. The van der Waals surface area contributed by atoms with Crippen LogP contribution in [0, 0.1) is 11.8 Å². The Morgan fingerprint density at radius 1 is 1.17 bits per heavy atom. The van der Waals surface area contributed by atoms with Crippen LogP contribution in [0.15, 0.2) is 53.6 Å². The molecule has 0 radical (unpaired) electrons. The van der Waals surface area contributed by atoms with Crippen LogP contribution >= 0.6 is 23.1 Å². The molecule has 1 aromatic carbocycles. The van der Waals surface area contributed by atoms with Gasteiger partial charge in [0.25, 0.3) is 0 Å². The number of nitrogens with zero attached hydrogens (tertiary/aromatic N) is 3. The van der Waals surface area contributed by atoms with Crippen molar-refractivity contribution >= 4 is 51.3 Å². The summed E-state index contributed by atoms with van der Waals surface area (Å²) in [6.07, 6.45) is 3.51. The molecule has 2 aliphatic rings. The number of rotatable bonds is 7. The van der Waals surface area contributed by atoms with E-state index in [1.807, 2.05) is 23.8 Å². The van der Waals surface area contributed by atoms with Crippen LogP contribution in [0.4, 0.5) is 0 Å². The second kappa shape index (κ2) is 9.38. The summed E-state index contributed by atoms with van der Waals surface area (Å²) < 4.78 is 12.7. The van der Waals surface area contributed by atoms with Crippen LogP contribution in [0.5, 0.6) is 0 Å². The molecule has 5 rings (SSSR count). The fourth-order valence-corrected chi connectivity index (χ4v) is 6.87. The number of hydrogen-bond donors (Lipinski definition) is 1. The highest BCUT2D eigenvalue weighted by Gasteiger charge is 2.60. The van der Waals surface area contributed by atoms with E-state index >= 15 is 0 Å². The zero-order valence-corrected chi connectivity index (χ0v) is 21.7. The number of carbonyl (C=O) groups excluding carboxylic acids is 3. The predicted molar refractivity (Wildman–Crippen MR) is 134 cm³/mol. The Morgan fingerprint density at radius 3 is 2.53 bits per heavy atom. The van der Waals surface area contributed by atoms with Crippen molar-refractivity contribution in [1.29, 1.82) is 0 Å². The Labute approximate surface area is 215 Å². The third-order valence-electron chi connectivity index (χ3n) is 6.56. The maximum atomic E-state index is 13.4. The largest absolute Gasteiger partial charge is 0.422 e. The van der Waals surface area contributed by atoms with Crippen molar-refractivity contribution in [2.75, 3.05) is 6.26 Å². The number of β-lactam (4-membered cyclic amide) rings is 1. The molecule has 1 N–H and O–H groups in total. The van der Waals surface area contributed by atoms with Crippen molar-refractivity contribution in [2.45, 2.75) is 44.2 Å². The van der Waals surface area contributed by atoms with E-state index in [-0.39, 0.29) is 23.6 Å². The molecule has 2 aromatic heterocycles. The SMILES string of the molecule is CSc1ncn2cc(C3=C(C(=O)OC(C)OC(=O)c4ccccc4)N4C(=O)[C@H]([C@@H](C)O)[C@H]4[C@H]3C)sc12. The first kappa shape index (κ1) is 24.5. The Kier molecular flexibility index (Phi) is 6.39. The Hall–Kier alpha value is -3.15. The van der Waals surface area contributed by atoms with Gasteiger partial charge >= 0.3 is 11.9 Å². The molecule has 0 saturated carbocycles. The quantitative estimate of drug-likeness (QED) is 0.215. The first-order valence-electron chi connectivity index (χ1n) is 11.5. The van der Waals surface area contributed by atoms with Crippen molar-refractivity contribution in [3.63, 3.8) is 0 Å². The third-order valence-corrected chi connectivity index (χ3v) is 8.52. The van der Waals surface area contributed by atoms with Crippen LogP contribution in [0.2, 0.25) is 0 Å². The van der Waals surface area contributed by atoms with E-state index in [4.69, 9.17) is 9.47 Å². The minimum absolute atomic E-state index is 0.125. The van der Waals surface area contributed by atoms with E-state index in [0.717, 1.165) is 14.7 Å². The molecule has 11 heteroatoms. The summed E-state index contributed by atoms with van der Waals surface area (Å²) >= 11 is 3.00. The number of thioether (sulfide) groups is 1. The molecule has 1 amide bonds. The average Bonchev–Trinajstić information content (AvgIpc) is 3.48. The minimum atomic E-state index is -1.18. The number of benzene rings is 1. The number of carbonyl (C=O) groups is 3. The van der Waals surface area contributed by atoms with Crippen molar-refractivity contribution in [2.24, 2.45) is 11.8 Å². The van der Waals surface area contributed by atoms with Gasteiger partial charge < -0.3 is 19.5 Å². The van der Waals surface area contributed by atoms with Gasteiger partial charge in [-0.25, -0.2) is 14.6 Å². The van der Waals surface area contributed by atoms with E-state index in [1.54, 1.807) is 43.6 Å². The normalized spacial score (nSPS) is 22.9. The summed E-state index contributed by atoms with van der Waals surface area (Å²) in [6.45, 7) is 4.98. The zero-order valence-electron chi connectivity index (χ0n) is 20.1. The maximum absolute atomic E-state index is 13.4. The number of hydrogen-bond acceptors (Lipinski definition) is 9. The smallest absolute Gasteiger partial charge is 0.358 e. The topological polar surface area (TPSA) is 110 Å². The van der Waals surface area contributed by atoms with Gasteiger partial charge in [0, 0.05) is 24.6 Å². The lowest BCUT2D eigenvalue weighted by Gasteiger charge is -2.46. The Balaban J connectivity index is 1.47. The second-order valence-corrected chi connectivity index (χ2v) is 10.6. The van der Waals surface area contributed by atoms with Crippen LogP contribution in [-0.2, 0) is 19.1 Å². The number of aliphatic hydroxyl groups excluding tert-OH is 1. The highest BCUT2D eigenvalue weighted by atomic mass is 32.2. The summed E-state index contributed by atoms with van der Waals surface area (Å²) in [5, 5.41) is 11.1. The fraction of sp³-hybridized carbons (Fsp3) is 0.360. The molecule has 0 bridgehead atoms. The van der Waals surface area contributed by atoms with E-state index in [0.29, 0.717) is 11.1 Å². The summed E-state index contributed by atoms with van der Waals surface area (Å²) in [6, 6.07) is 8.04. The molecule has 1 unspecified atom stereocenters. The lowest BCUT2D eigenvalue weighted by molar-refractivity contribution is -0.172. The van der Waals surface area contributed by atoms with Crippen LogP contribution in [0.1, 0.15) is 36.0 Å². The predicted octanol–water partition coefficient (Wildman–Crippen LogP) is 3.43. The number of aromatic nitrogens is 2. The number of amides is 1. The van der Waals surface area contributed by atoms with Gasteiger partial charge in [-0.2, -0.15) is 0 Å². The Bertz CT molecular complexity index is 1380. The minimum Gasteiger partial charge on any atom is -0.422 e. The molecule has 2 aliphatic heterocycles. The molecule has 4 heterocycles. The fourth-order valence-electron chi connectivity index (χ4n) is 4.95. The third kappa shape index (κ3) is 3.91. The van der Waals surface area contributed by atoms with Crippen LogP contribution < -0.4 is 0 Å². The van der Waals surface area contributed by atoms with Crippen molar-refractivity contribution in [3.05, 3.63) is 59.0 Å². The van der Waals surface area contributed by atoms with E-state index < -0.39 is 30.3 Å². The number of aliphatic hydroxyl groups is 1. The van der Waals surface area contributed by atoms with Crippen molar-refractivity contribution in [1.82, 2.24) is 14.3 Å². The molecule has 0 spiro atoms. The number of ether oxygens (including phenoxy) is 2. The first-order valence-corrected chi connectivity index (χ1v) is 13.5. The Morgan fingerprint density at radius 2 is 1.86 bits per heavy atom. The van der Waals surface area contributed by atoms with Crippen LogP contribution in [0.25, 0.3) is 10.4 Å². The summed E-state index contributed by atoms with van der Waals surface area (Å²) in [5.41, 5.74) is 1.13. The lowest BCUT2D eigenvalue weighted by Crippen LogP contribution is -2.63. The maximum Gasteiger partial charge on any atom is 0.358 e. The molecule has 9 nitrogen and oxygen atoms in total. The molecular formula is C25H25N3O6S2. The van der Waals surface area contributed by atoms with E-state index in [2.05, 4.69) is 4.98 Å². The molecule has 1 saturated heterocycles. The highest BCUT2D eigenvalue weighted by molar-refractivity contribution is 7.98. The van der Waals surface area contributed by atoms with Gasteiger partial charge in [0.1, 0.15) is 21.9 Å². The zero-order chi connectivity index (χ0) is 25.7. The van der Waals surface area contributed by atoms with Gasteiger partial charge in [-0.3, -0.25) is 9.20 Å². The number of imidazole rings is 1. The van der Waals surface area contributed by atoms with Crippen molar-refractivity contribution in [3.8, 4) is 0 Å². The number of thiazole rings is 1.